The van der Waals surface area contributed by atoms with Gasteiger partial charge in [0, 0.05) is 43.8 Å². The first kappa shape index (κ1) is 46.2. The molecule has 10 aromatic carbocycles. The third-order valence-corrected chi connectivity index (χ3v) is 19.3. The third-order valence-electron chi connectivity index (χ3n) is 19.3. The fraction of sp³-hybridized carbons (Fsp3) is 0.227. The number of rotatable bonds is 6. The number of aromatic nitrogens is 2. The molecule has 5 heterocycles. The molecule has 4 aliphatic rings. The quantitative estimate of drug-likeness (QED) is 0.147. The Hall–Kier alpha value is -7.88. The van der Waals surface area contributed by atoms with Crippen LogP contribution in [0.3, 0.4) is 0 Å². The Morgan fingerprint density at radius 1 is 0.385 bits per heavy atom. The summed E-state index contributed by atoms with van der Waals surface area (Å²) >= 11 is 0. The lowest BCUT2D eigenvalue weighted by molar-refractivity contribution is 0.590. The standard InChI is InChI=1S/C75H65BN2/c1-40(2)46-26-29-67-57(32-46)58-34-50(42(5)6)37-65-70(58)77(67)72-56(48-23-21-45-20-22-47(30-52(45)31-48)44-24-27-53(28-25-44)74(9,10)11)39-64-73-68(72)76(65)66-38-51(43(7)8)35-60-59-33-49(41(3)4)36-63(69(59)78(73)71(60)66)75(64)61-18-14-12-16-54(61)55-17-13-15-19-62(55)75/h12-43H,1-11H3. The molecule has 0 fully saturated rings. The molecule has 12 aromatic rings. The lowest BCUT2D eigenvalue weighted by Crippen LogP contribution is -2.61. The average Bonchev–Trinajstić information content (AvgIpc) is 1.97. The van der Waals surface area contributed by atoms with Gasteiger partial charge in [0.2, 0.25) is 0 Å². The van der Waals surface area contributed by atoms with Crippen LogP contribution in [0.2, 0.25) is 0 Å². The second-order valence-corrected chi connectivity index (χ2v) is 26.0. The molecule has 1 aliphatic carbocycles. The van der Waals surface area contributed by atoms with E-state index in [0.717, 1.165) is 0 Å². The zero-order valence-corrected chi connectivity index (χ0v) is 46.9. The molecule has 0 N–H and O–H groups in total. The maximum atomic E-state index is 2.81. The van der Waals surface area contributed by atoms with Crippen molar-refractivity contribution >= 4 is 77.5 Å². The lowest BCUT2D eigenvalue weighted by Gasteiger charge is -2.45. The van der Waals surface area contributed by atoms with E-state index < -0.39 is 5.41 Å². The van der Waals surface area contributed by atoms with Crippen molar-refractivity contribution in [3.63, 3.8) is 0 Å². The molecule has 0 radical (unpaired) electrons. The number of hydrogen-bond donors (Lipinski definition) is 0. The van der Waals surface area contributed by atoms with Crippen molar-refractivity contribution in [2.75, 3.05) is 0 Å². The van der Waals surface area contributed by atoms with Crippen LogP contribution in [-0.4, -0.2) is 15.8 Å². The summed E-state index contributed by atoms with van der Waals surface area (Å²) in [5, 5.41) is 7.98. The van der Waals surface area contributed by atoms with E-state index in [1.807, 2.05) is 0 Å². The lowest BCUT2D eigenvalue weighted by atomic mass is 9.33. The van der Waals surface area contributed by atoms with E-state index >= 15 is 0 Å². The van der Waals surface area contributed by atoms with Gasteiger partial charge in [0.1, 0.15) is 0 Å². The van der Waals surface area contributed by atoms with E-state index in [2.05, 4.69) is 255 Å². The van der Waals surface area contributed by atoms with Crippen LogP contribution in [0.15, 0.2) is 170 Å². The minimum Gasteiger partial charge on any atom is -0.310 e. The third kappa shape index (κ3) is 5.85. The fourth-order valence-corrected chi connectivity index (χ4v) is 15.3. The van der Waals surface area contributed by atoms with Crippen LogP contribution in [-0.2, 0) is 10.8 Å². The van der Waals surface area contributed by atoms with Crippen molar-refractivity contribution in [2.45, 2.75) is 111 Å². The minimum absolute atomic E-state index is 0.0208. The number of fused-ring (bicyclic) bond motifs is 15. The monoisotopic (exact) mass is 1000 g/mol. The van der Waals surface area contributed by atoms with Gasteiger partial charge in [-0.2, -0.15) is 0 Å². The van der Waals surface area contributed by atoms with E-state index in [4.69, 9.17) is 0 Å². The van der Waals surface area contributed by atoms with E-state index in [9.17, 15) is 0 Å². The molecular formula is C75H65BN2. The Labute approximate surface area is 459 Å². The zero-order chi connectivity index (χ0) is 53.2. The minimum atomic E-state index is -0.605. The molecule has 0 atom stereocenters. The first-order valence-corrected chi connectivity index (χ1v) is 29.0. The Morgan fingerprint density at radius 3 is 1.53 bits per heavy atom. The highest BCUT2D eigenvalue weighted by molar-refractivity contribution is 7.00. The van der Waals surface area contributed by atoms with Gasteiger partial charge in [-0.25, -0.2) is 0 Å². The summed E-state index contributed by atoms with van der Waals surface area (Å²) in [6.45, 7) is 25.9. The predicted octanol–water partition coefficient (Wildman–Crippen LogP) is 18.0. The van der Waals surface area contributed by atoms with Gasteiger partial charge in [0.15, 0.2) is 0 Å². The van der Waals surface area contributed by atoms with Gasteiger partial charge in [-0.1, -0.05) is 197 Å². The average molecular weight is 1010 g/mol. The molecule has 0 unspecified atom stereocenters. The number of hydrogen-bond acceptors (Lipinski definition) is 0. The molecule has 0 saturated heterocycles. The van der Waals surface area contributed by atoms with Crippen molar-refractivity contribution in [1.82, 2.24) is 9.13 Å². The first-order chi connectivity index (χ1) is 37.6. The Morgan fingerprint density at radius 2 is 0.910 bits per heavy atom. The Balaban J connectivity index is 1.13. The van der Waals surface area contributed by atoms with Crippen LogP contribution >= 0.6 is 0 Å². The van der Waals surface area contributed by atoms with Gasteiger partial charge in [-0.05, 0) is 183 Å². The van der Waals surface area contributed by atoms with Gasteiger partial charge in [-0.15, -0.1) is 0 Å². The van der Waals surface area contributed by atoms with Crippen LogP contribution in [0.5, 0.6) is 0 Å². The van der Waals surface area contributed by atoms with Crippen LogP contribution in [0.1, 0.15) is 150 Å². The Kier molecular flexibility index (Phi) is 9.28. The van der Waals surface area contributed by atoms with Gasteiger partial charge < -0.3 is 9.13 Å². The molecule has 0 bridgehead atoms. The molecular weight excluding hydrogens is 940 g/mol. The van der Waals surface area contributed by atoms with E-state index in [1.54, 1.807) is 0 Å². The smallest absolute Gasteiger partial charge is 0.252 e. The van der Waals surface area contributed by atoms with Crippen molar-refractivity contribution in [2.24, 2.45) is 0 Å². The molecule has 378 valence electrons. The normalized spacial score (nSPS) is 14.4. The van der Waals surface area contributed by atoms with Crippen LogP contribution < -0.4 is 16.4 Å². The molecule has 2 aromatic heterocycles. The summed E-state index contributed by atoms with van der Waals surface area (Å²) in [5.41, 5.74) is 32.0. The van der Waals surface area contributed by atoms with Crippen molar-refractivity contribution in [3.8, 4) is 44.8 Å². The number of benzene rings is 10. The summed E-state index contributed by atoms with van der Waals surface area (Å²) < 4.78 is 5.56. The number of nitrogens with zero attached hydrogens (tertiary/aromatic N) is 2. The topological polar surface area (TPSA) is 9.86 Å². The summed E-state index contributed by atoms with van der Waals surface area (Å²) in [5.74, 6) is 1.42. The largest absolute Gasteiger partial charge is 0.310 e. The van der Waals surface area contributed by atoms with Crippen LogP contribution in [0.4, 0.5) is 0 Å². The zero-order valence-electron chi connectivity index (χ0n) is 46.9. The second-order valence-electron chi connectivity index (χ2n) is 26.0. The van der Waals surface area contributed by atoms with Crippen LogP contribution in [0, 0.1) is 0 Å². The van der Waals surface area contributed by atoms with Crippen molar-refractivity contribution in [3.05, 3.63) is 220 Å². The SMILES string of the molecule is CC(C)c1ccc2c(c1)c1cc(C(C)C)cc3c1n2-c1c(-c2ccc4ccc(-c5ccc(C(C)(C)C)cc5)cc4c2)cc2c4c1B3c1cc(C(C)C)cc3c5cc(C(C)C)cc(c5n-4c13)C21c2ccccc2-c2ccccc21. The first-order valence-electron chi connectivity index (χ1n) is 29.0. The van der Waals surface area contributed by atoms with Crippen LogP contribution in [0.25, 0.3) is 99.1 Å². The molecule has 78 heavy (non-hydrogen) atoms. The summed E-state index contributed by atoms with van der Waals surface area (Å²) in [6, 6.07) is 68.3. The predicted molar refractivity (Wildman–Crippen MR) is 334 cm³/mol. The van der Waals surface area contributed by atoms with E-state index in [1.165, 1.54) is 166 Å². The fourth-order valence-electron chi connectivity index (χ4n) is 15.3. The maximum absolute atomic E-state index is 2.81. The molecule has 3 aliphatic heterocycles. The second kappa shape index (κ2) is 15.7. The summed E-state index contributed by atoms with van der Waals surface area (Å²) in [7, 11) is 0. The molecule has 2 nitrogen and oxygen atoms in total. The van der Waals surface area contributed by atoms with Gasteiger partial charge >= 0.3 is 0 Å². The molecule has 3 heteroatoms. The summed E-state index contributed by atoms with van der Waals surface area (Å²) in [4.78, 5) is 0. The van der Waals surface area contributed by atoms with Crippen molar-refractivity contribution < 1.29 is 0 Å². The van der Waals surface area contributed by atoms with E-state index in [0.29, 0.717) is 23.7 Å². The van der Waals surface area contributed by atoms with Crippen molar-refractivity contribution in [1.29, 1.82) is 0 Å². The highest BCUT2D eigenvalue weighted by Gasteiger charge is 2.55. The molecule has 0 amide bonds. The summed E-state index contributed by atoms with van der Waals surface area (Å²) in [6.07, 6.45) is 0. The molecule has 0 saturated carbocycles. The van der Waals surface area contributed by atoms with Gasteiger partial charge in [-0.3, -0.25) is 0 Å². The van der Waals surface area contributed by atoms with Gasteiger partial charge in [0.25, 0.3) is 6.71 Å². The highest BCUT2D eigenvalue weighted by atomic mass is 15.1. The van der Waals surface area contributed by atoms with Gasteiger partial charge in [0.05, 0.1) is 22.1 Å². The van der Waals surface area contributed by atoms with E-state index in [-0.39, 0.29) is 12.1 Å². The Bertz CT molecular complexity index is 4610. The molecule has 16 rings (SSSR count). The molecule has 1 spiro atoms. The highest BCUT2D eigenvalue weighted by Crippen LogP contribution is 2.63. The maximum Gasteiger partial charge on any atom is 0.252 e.